The highest BCUT2D eigenvalue weighted by Gasteiger charge is 2.20. The molecule has 2 nitrogen and oxygen atoms in total. The monoisotopic (exact) mass is 237 g/mol. The minimum Gasteiger partial charge on any atom is -0.326 e. The van der Waals surface area contributed by atoms with Crippen LogP contribution in [0.15, 0.2) is 42.5 Å². The van der Waals surface area contributed by atoms with Crippen LogP contribution in [0.2, 0.25) is 0 Å². The second-order valence-electron chi connectivity index (χ2n) is 4.57. The van der Waals surface area contributed by atoms with Gasteiger partial charge in [-0.15, -0.1) is 0 Å². The third-order valence-corrected chi connectivity index (χ3v) is 3.45. The number of rotatable bonds is 2. The van der Waals surface area contributed by atoms with Gasteiger partial charge in [-0.3, -0.25) is 4.79 Å². The fourth-order valence-corrected chi connectivity index (χ4v) is 2.51. The van der Waals surface area contributed by atoms with Crippen LogP contribution in [0, 0.1) is 0 Å². The van der Waals surface area contributed by atoms with E-state index in [2.05, 4.69) is 35.6 Å². The van der Waals surface area contributed by atoms with E-state index in [1.807, 2.05) is 19.1 Å². The van der Waals surface area contributed by atoms with Crippen LogP contribution in [0.4, 0.5) is 5.69 Å². The van der Waals surface area contributed by atoms with E-state index in [0.29, 0.717) is 6.42 Å². The van der Waals surface area contributed by atoms with E-state index in [-0.39, 0.29) is 5.91 Å². The number of carbonyl (C=O) groups excluding carboxylic acids is 1. The van der Waals surface area contributed by atoms with Crippen molar-refractivity contribution in [2.75, 3.05) is 5.32 Å². The third-order valence-electron chi connectivity index (χ3n) is 3.45. The Bertz CT molecular complexity index is 616. The van der Waals surface area contributed by atoms with Gasteiger partial charge in [0.1, 0.15) is 0 Å². The van der Waals surface area contributed by atoms with Crippen molar-refractivity contribution in [1.29, 1.82) is 0 Å². The quantitative estimate of drug-likeness (QED) is 0.724. The van der Waals surface area contributed by atoms with Gasteiger partial charge in [-0.1, -0.05) is 43.3 Å². The van der Waals surface area contributed by atoms with Crippen LogP contribution in [0.5, 0.6) is 0 Å². The first-order valence-corrected chi connectivity index (χ1v) is 6.29. The molecule has 1 N–H and O–H groups in total. The van der Waals surface area contributed by atoms with Crippen molar-refractivity contribution < 1.29 is 4.79 Å². The van der Waals surface area contributed by atoms with E-state index in [9.17, 15) is 4.79 Å². The number of anilines is 1. The Balaban J connectivity index is 2.06. The molecule has 0 atom stereocenters. The molecular formula is C16H15NO. The summed E-state index contributed by atoms with van der Waals surface area (Å²) in [6, 6.07) is 14.5. The van der Waals surface area contributed by atoms with Crippen molar-refractivity contribution >= 4 is 11.6 Å². The van der Waals surface area contributed by atoms with Crippen LogP contribution < -0.4 is 5.32 Å². The fourth-order valence-electron chi connectivity index (χ4n) is 2.51. The summed E-state index contributed by atoms with van der Waals surface area (Å²) in [4.78, 5) is 11.5. The first-order valence-electron chi connectivity index (χ1n) is 6.29. The lowest BCUT2D eigenvalue weighted by atomic mass is 10.0. The largest absolute Gasteiger partial charge is 0.326 e. The maximum absolute atomic E-state index is 11.5. The summed E-state index contributed by atoms with van der Waals surface area (Å²) in [5.74, 6) is 0.0688. The molecule has 1 aliphatic carbocycles. The van der Waals surface area contributed by atoms with E-state index >= 15 is 0 Å². The van der Waals surface area contributed by atoms with E-state index in [1.54, 1.807) is 0 Å². The molecular weight excluding hydrogens is 222 g/mol. The Morgan fingerprint density at radius 2 is 1.89 bits per heavy atom. The minimum atomic E-state index is 0.0688. The molecule has 1 aliphatic rings. The normalized spacial score (nSPS) is 11.8. The molecule has 0 aliphatic heterocycles. The zero-order valence-electron chi connectivity index (χ0n) is 10.4. The van der Waals surface area contributed by atoms with Gasteiger partial charge in [-0.25, -0.2) is 0 Å². The van der Waals surface area contributed by atoms with Gasteiger partial charge in [0, 0.05) is 18.5 Å². The highest BCUT2D eigenvalue weighted by molar-refractivity contribution is 5.94. The Labute approximate surface area is 107 Å². The zero-order chi connectivity index (χ0) is 12.5. The Hall–Kier alpha value is -2.09. The summed E-state index contributed by atoms with van der Waals surface area (Å²) in [6.07, 6.45) is 1.42. The Morgan fingerprint density at radius 3 is 2.72 bits per heavy atom. The number of benzene rings is 2. The number of carbonyl (C=O) groups is 1. The summed E-state index contributed by atoms with van der Waals surface area (Å²) in [7, 11) is 0. The van der Waals surface area contributed by atoms with Gasteiger partial charge in [0.05, 0.1) is 0 Å². The molecule has 18 heavy (non-hydrogen) atoms. The number of fused-ring (bicyclic) bond motifs is 3. The smallest absolute Gasteiger partial charge is 0.224 e. The first-order chi connectivity index (χ1) is 8.79. The molecule has 0 aromatic heterocycles. The van der Waals surface area contributed by atoms with Gasteiger partial charge in [0.2, 0.25) is 5.91 Å². The highest BCUT2D eigenvalue weighted by atomic mass is 16.1. The molecule has 0 saturated heterocycles. The summed E-state index contributed by atoms with van der Waals surface area (Å²) < 4.78 is 0. The SMILES string of the molecule is CCC(=O)Nc1cccc2c1Cc1ccccc1-2. The predicted molar refractivity (Wildman–Crippen MR) is 73.6 cm³/mol. The average Bonchev–Trinajstić information content (AvgIpc) is 2.78. The van der Waals surface area contributed by atoms with Gasteiger partial charge < -0.3 is 5.32 Å². The number of nitrogens with one attached hydrogen (secondary N) is 1. The summed E-state index contributed by atoms with van der Waals surface area (Å²) in [5, 5.41) is 2.99. The Kier molecular flexibility index (Phi) is 2.63. The van der Waals surface area contributed by atoms with Crippen molar-refractivity contribution in [3.63, 3.8) is 0 Å². The summed E-state index contributed by atoms with van der Waals surface area (Å²) >= 11 is 0. The Morgan fingerprint density at radius 1 is 1.11 bits per heavy atom. The maximum Gasteiger partial charge on any atom is 0.224 e. The van der Waals surface area contributed by atoms with Gasteiger partial charge in [-0.2, -0.15) is 0 Å². The molecule has 2 heteroatoms. The molecule has 2 aromatic rings. The average molecular weight is 237 g/mol. The van der Waals surface area contributed by atoms with Crippen LogP contribution >= 0.6 is 0 Å². The lowest BCUT2D eigenvalue weighted by Gasteiger charge is -2.09. The molecule has 1 amide bonds. The van der Waals surface area contributed by atoms with Crippen LogP contribution in [0.25, 0.3) is 11.1 Å². The van der Waals surface area contributed by atoms with Crippen LogP contribution in [0.3, 0.4) is 0 Å². The lowest BCUT2D eigenvalue weighted by Crippen LogP contribution is -2.10. The second kappa shape index (κ2) is 4.30. The zero-order valence-corrected chi connectivity index (χ0v) is 10.4. The molecule has 0 spiro atoms. The van der Waals surface area contributed by atoms with Gasteiger partial charge in [0.25, 0.3) is 0 Å². The standard InChI is InChI=1S/C16H15NO/c1-2-16(18)17-15-9-5-8-13-12-7-4-3-6-11(12)10-14(13)15/h3-9H,2,10H2,1H3,(H,17,18). The van der Waals surface area contributed by atoms with Crippen molar-refractivity contribution in [2.45, 2.75) is 19.8 Å². The molecule has 0 heterocycles. The summed E-state index contributed by atoms with van der Waals surface area (Å²) in [5.41, 5.74) is 6.07. The van der Waals surface area contributed by atoms with E-state index in [0.717, 1.165) is 12.1 Å². The van der Waals surface area contributed by atoms with Crippen LogP contribution in [-0.2, 0) is 11.2 Å². The van der Waals surface area contributed by atoms with Crippen LogP contribution in [-0.4, -0.2) is 5.91 Å². The molecule has 0 unspecified atom stereocenters. The van der Waals surface area contributed by atoms with Crippen LogP contribution in [0.1, 0.15) is 24.5 Å². The third kappa shape index (κ3) is 1.70. The van der Waals surface area contributed by atoms with Gasteiger partial charge in [-0.05, 0) is 28.3 Å². The number of hydrogen-bond donors (Lipinski definition) is 1. The molecule has 3 rings (SSSR count). The van der Waals surface area contributed by atoms with Gasteiger partial charge >= 0.3 is 0 Å². The highest BCUT2D eigenvalue weighted by Crippen LogP contribution is 2.39. The van der Waals surface area contributed by atoms with Crippen molar-refractivity contribution in [2.24, 2.45) is 0 Å². The van der Waals surface area contributed by atoms with Crippen molar-refractivity contribution in [1.82, 2.24) is 0 Å². The van der Waals surface area contributed by atoms with E-state index in [1.165, 1.54) is 22.3 Å². The van der Waals surface area contributed by atoms with Crippen molar-refractivity contribution in [3.05, 3.63) is 53.6 Å². The molecule has 0 bridgehead atoms. The summed E-state index contributed by atoms with van der Waals surface area (Å²) in [6.45, 7) is 1.87. The van der Waals surface area contributed by atoms with Gasteiger partial charge in [0.15, 0.2) is 0 Å². The van der Waals surface area contributed by atoms with E-state index < -0.39 is 0 Å². The fraction of sp³-hybridized carbons (Fsp3) is 0.188. The molecule has 0 radical (unpaired) electrons. The molecule has 2 aromatic carbocycles. The maximum atomic E-state index is 11.5. The van der Waals surface area contributed by atoms with E-state index in [4.69, 9.17) is 0 Å². The first kappa shape index (κ1) is 11.0. The second-order valence-corrected chi connectivity index (χ2v) is 4.57. The molecule has 90 valence electrons. The predicted octanol–water partition coefficient (Wildman–Crippen LogP) is 3.61. The lowest BCUT2D eigenvalue weighted by molar-refractivity contribution is -0.115. The molecule has 0 fully saturated rings. The molecule has 0 saturated carbocycles. The number of amides is 1. The topological polar surface area (TPSA) is 29.1 Å². The number of hydrogen-bond acceptors (Lipinski definition) is 1. The minimum absolute atomic E-state index is 0.0688. The van der Waals surface area contributed by atoms with Crippen molar-refractivity contribution in [3.8, 4) is 11.1 Å².